The minimum Gasteiger partial charge on any atom is -0.306 e. The highest BCUT2D eigenvalue weighted by atomic mass is 35.5. The Morgan fingerprint density at radius 1 is 1.20 bits per heavy atom. The molecule has 0 fully saturated rings. The molecule has 2 N–H and O–H groups in total. The quantitative estimate of drug-likeness (QED) is 0.722. The van der Waals surface area contributed by atoms with Gasteiger partial charge in [0.05, 0.1) is 17.7 Å². The molecule has 0 radical (unpaired) electrons. The van der Waals surface area contributed by atoms with E-state index in [2.05, 4.69) is 14.4 Å². The number of hydrogen-bond donors (Lipinski definition) is 2. The highest BCUT2D eigenvalue weighted by Gasteiger charge is 2.23. The molecule has 1 aromatic heterocycles. The normalized spacial score (nSPS) is 15.4. The molecule has 2 aromatic carbocycles. The fourth-order valence-corrected chi connectivity index (χ4v) is 4.04. The van der Waals surface area contributed by atoms with Gasteiger partial charge in [0.1, 0.15) is 0 Å². The Morgan fingerprint density at radius 3 is 2.64 bits per heavy atom. The van der Waals surface area contributed by atoms with Gasteiger partial charge in [0.15, 0.2) is 0 Å². The third-order valence-electron chi connectivity index (χ3n) is 4.06. The number of imidazole rings is 1. The number of hydrogen-bond acceptors (Lipinski definition) is 3. The van der Waals surface area contributed by atoms with E-state index in [4.69, 9.17) is 11.6 Å². The standard InChI is InChI=1S/C17H15ClN4O2S/c1-11-9-22(10-19-11)15-4-2-12(3-5-15)16-7-14(18)6-13-8-20-25(23,24)21-17(13)16/h2-7,9-10,20-21H,8H2,1H3. The molecule has 2 heterocycles. The van der Waals surface area contributed by atoms with Crippen molar-refractivity contribution < 1.29 is 8.42 Å². The molecule has 0 aliphatic carbocycles. The van der Waals surface area contributed by atoms with Gasteiger partial charge in [-0.3, -0.25) is 4.72 Å². The minimum absolute atomic E-state index is 0.213. The predicted molar refractivity (Wildman–Crippen MR) is 98.1 cm³/mol. The zero-order valence-electron chi connectivity index (χ0n) is 13.3. The van der Waals surface area contributed by atoms with Gasteiger partial charge in [-0.25, -0.2) is 4.98 Å². The summed E-state index contributed by atoms with van der Waals surface area (Å²) < 4.78 is 30.7. The van der Waals surface area contributed by atoms with Crippen molar-refractivity contribution in [3.05, 3.63) is 65.2 Å². The average Bonchev–Trinajstić information content (AvgIpc) is 3.01. The molecular weight excluding hydrogens is 360 g/mol. The van der Waals surface area contributed by atoms with Crippen molar-refractivity contribution in [1.82, 2.24) is 14.3 Å². The number of nitrogens with one attached hydrogen (secondary N) is 2. The van der Waals surface area contributed by atoms with Crippen molar-refractivity contribution in [1.29, 1.82) is 0 Å². The summed E-state index contributed by atoms with van der Waals surface area (Å²) in [5, 5.41) is 0.561. The molecule has 6 nitrogen and oxygen atoms in total. The van der Waals surface area contributed by atoms with Crippen LogP contribution in [0.4, 0.5) is 5.69 Å². The summed E-state index contributed by atoms with van der Waals surface area (Å²) in [4.78, 5) is 4.22. The van der Waals surface area contributed by atoms with Gasteiger partial charge >= 0.3 is 0 Å². The highest BCUT2D eigenvalue weighted by Crippen LogP contribution is 2.36. The molecule has 0 unspecified atom stereocenters. The second-order valence-electron chi connectivity index (χ2n) is 5.88. The molecule has 0 saturated carbocycles. The van der Waals surface area contributed by atoms with E-state index < -0.39 is 10.2 Å². The topological polar surface area (TPSA) is 76.0 Å². The number of nitrogens with zero attached hydrogens (tertiary/aromatic N) is 2. The maximum Gasteiger partial charge on any atom is 0.299 e. The molecule has 3 aromatic rings. The Hall–Kier alpha value is -2.35. The van der Waals surface area contributed by atoms with Crippen molar-refractivity contribution in [3.63, 3.8) is 0 Å². The van der Waals surface area contributed by atoms with Crippen LogP contribution in [0.5, 0.6) is 0 Å². The predicted octanol–water partition coefficient (Wildman–Crippen LogP) is 3.26. The Bertz CT molecular complexity index is 1060. The Morgan fingerprint density at radius 2 is 1.96 bits per heavy atom. The zero-order chi connectivity index (χ0) is 17.6. The Kier molecular flexibility index (Phi) is 3.79. The Balaban J connectivity index is 1.78. The van der Waals surface area contributed by atoms with Crippen molar-refractivity contribution in [3.8, 4) is 16.8 Å². The second kappa shape index (κ2) is 5.87. The van der Waals surface area contributed by atoms with Crippen LogP contribution in [0.3, 0.4) is 0 Å². The summed E-state index contributed by atoms with van der Waals surface area (Å²) in [6, 6.07) is 11.3. The van der Waals surface area contributed by atoms with E-state index in [-0.39, 0.29) is 6.54 Å². The van der Waals surface area contributed by atoms with Gasteiger partial charge in [-0.2, -0.15) is 13.1 Å². The molecule has 0 saturated heterocycles. The first kappa shape index (κ1) is 16.1. The van der Waals surface area contributed by atoms with Crippen LogP contribution in [0.25, 0.3) is 16.8 Å². The van der Waals surface area contributed by atoms with Crippen molar-refractivity contribution in [2.45, 2.75) is 13.5 Å². The number of aryl methyl sites for hydroxylation is 1. The van der Waals surface area contributed by atoms with E-state index in [0.29, 0.717) is 10.7 Å². The first-order valence-electron chi connectivity index (χ1n) is 7.62. The molecule has 0 atom stereocenters. The lowest BCUT2D eigenvalue weighted by molar-refractivity contribution is 0.584. The van der Waals surface area contributed by atoms with Crippen molar-refractivity contribution in [2.24, 2.45) is 0 Å². The third-order valence-corrected chi connectivity index (χ3v) is 5.28. The molecule has 0 amide bonds. The van der Waals surface area contributed by atoms with Gasteiger partial charge in [0, 0.05) is 29.0 Å². The molecule has 128 valence electrons. The van der Waals surface area contributed by atoms with E-state index in [9.17, 15) is 8.42 Å². The van der Waals surface area contributed by atoms with Crippen molar-refractivity contribution in [2.75, 3.05) is 4.72 Å². The van der Waals surface area contributed by atoms with Gasteiger partial charge in [-0.1, -0.05) is 23.7 Å². The monoisotopic (exact) mass is 374 g/mol. The van der Waals surface area contributed by atoms with E-state index in [0.717, 1.165) is 28.1 Å². The second-order valence-corrected chi connectivity index (χ2v) is 7.82. The highest BCUT2D eigenvalue weighted by molar-refractivity contribution is 7.90. The van der Waals surface area contributed by atoms with Crippen LogP contribution >= 0.6 is 11.6 Å². The van der Waals surface area contributed by atoms with E-state index in [1.165, 1.54) is 0 Å². The fraction of sp³-hybridized carbons (Fsp3) is 0.118. The van der Waals surface area contributed by atoms with Gasteiger partial charge in [0.25, 0.3) is 10.2 Å². The number of benzene rings is 2. The van der Waals surface area contributed by atoms with Crippen LogP contribution < -0.4 is 9.44 Å². The lowest BCUT2D eigenvalue weighted by Crippen LogP contribution is -2.34. The van der Waals surface area contributed by atoms with Crippen LogP contribution in [0.1, 0.15) is 11.3 Å². The molecule has 25 heavy (non-hydrogen) atoms. The molecule has 1 aliphatic rings. The maximum atomic E-state index is 11.9. The number of rotatable bonds is 2. The van der Waals surface area contributed by atoms with Crippen LogP contribution in [0.2, 0.25) is 5.02 Å². The first-order valence-corrected chi connectivity index (χ1v) is 9.49. The number of halogens is 1. The largest absolute Gasteiger partial charge is 0.306 e. The van der Waals surface area contributed by atoms with Gasteiger partial charge in [-0.05, 0) is 42.3 Å². The molecule has 1 aliphatic heterocycles. The summed E-state index contributed by atoms with van der Waals surface area (Å²) in [5.74, 6) is 0. The lowest BCUT2D eigenvalue weighted by Gasteiger charge is -2.22. The summed E-state index contributed by atoms with van der Waals surface area (Å²) in [6.45, 7) is 2.15. The molecular formula is C17H15ClN4O2S. The number of anilines is 1. The molecule has 0 spiro atoms. The van der Waals surface area contributed by atoms with E-state index in [1.54, 1.807) is 18.5 Å². The third kappa shape index (κ3) is 3.13. The smallest absolute Gasteiger partial charge is 0.299 e. The van der Waals surface area contributed by atoms with Gasteiger partial charge in [0.2, 0.25) is 0 Å². The number of fused-ring (bicyclic) bond motifs is 1. The minimum atomic E-state index is -3.54. The molecule has 0 bridgehead atoms. The first-order chi connectivity index (χ1) is 11.9. The molecule has 8 heteroatoms. The number of aromatic nitrogens is 2. The van der Waals surface area contributed by atoms with Gasteiger partial charge < -0.3 is 4.57 Å². The molecule has 4 rings (SSSR count). The van der Waals surface area contributed by atoms with Crippen LogP contribution in [0.15, 0.2) is 48.9 Å². The Labute approximate surface area is 150 Å². The van der Waals surface area contributed by atoms with Crippen molar-refractivity contribution >= 4 is 27.5 Å². The summed E-state index contributed by atoms with van der Waals surface area (Å²) in [7, 11) is -3.54. The fourth-order valence-electron chi connectivity index (χ4n) is 2.87. The summed E-state index contributed by atoms with van der Waals surface area (Å²) >= 11 is 6.22. The van der Waals surface area contributed by atoms with Crippen LogP contribution in [0, 0.1) is 6.92 Å². The SMILES string of the molecule is Cc1cn(-c2ccc(-c3cc(Cl)cc4c3NS(=O)(=O)NC4)cc2)cn1. The van der Waals surface area contributed by atoms with Crippen LogP contribution in [-0.4, -0.2) is 18.0 Å². The maximum absolute atomic E-state index is 11.9. The van der Waals surface area contributed by atoms with Crippen LogP contribution in [-0.2, 0) is 16.8 Å². The summed E-state index contributed by atoms with van der Waals surface area (Å²) in [6.07, 6.45) is 3.70. The summed E-state index contributed by atoms with van der Waals surface area (Å²) in [5.41, 5.74) is 4.92. The van der Waals surface area contributed by atoms with Gasteiger partial charge in [-0.15, -0.1) is 0 Å². The lowest BCUT2D eigenvalue weighted by atomic mass is 10.00. The average molecular weight is 375 g/mol. The van der Waals surface area contributed by atoms with E-state index >= 15 is 0 Å². The van der Waals surface area contributed by atoms with E-state index in [1.807, 2.05) is 42.0 Å². The zero-order valence-corrected chi connectivity index (χ0v) is 14.9.